The van der Waals surface area contributed by atoms with Gasteiger partial charge >= 0.3 is 0 Å². The molecule has 0 N–H and O–H groups in total. The highest BCUT2D eigenvalue weighted by atomic mass is 19.3. The van der Waals surface area contributed by atoms with E-state index in [9.17, 15) is 8.78 Å². The molecule has 16 heavy (non-hydrogen) atoms. The molecule has 0 aliphatic heterocycles. The van der Waals surface area contributed by atoms with Crippen molar-refractivity contribution in [1.82, 2.24) is 0 Å². The van der Waals surface area contributed by atoms with Crippen LogP contribution in [0.25, 0.3) is 5.57 Å². The van der Waals surface area contributed by atoms with E-state index in [1.807, 2.05) is 0 Å². The van der Waals surface area contributed by atoms with Crippen molar-refractivity contribution >= 4 is 5.57 Å². The van der Waals surface area contributed by atoms with E-state index >= 15 is 0 Å². The van der Waals surface area contributed by atoms with E-state index in [-0.39, 0.29) is 11.1 Å². The minimum atomic E-state index is -2.91. The Morgan fingerprint density at radius 1 is 1.25 bits per heavy atom. The summed E-state index contributed by atoms with van der Waals surface area (Å²) in [5, 5.41) is 0. The van der Waals surface area contributed by atoms with E-state index in [0.29, 0.717) is 11.1 Å². The molecule has 82 valence electrons. The molecule has 0 amide bonds. The molecule has 0 aromatic heterocycles. The zero-order chi connectivity index (χ0) is 11.8. The van der Waals surface area contributed by atoms with Gasteiger partial charge in [-0.1, -0.05) is 49.1 Å². The van der Waals surface area contributed by atoms with E-state index in [0.717, 1.165) is 0 Å². The van der Waals surface area contributed by atoms with Crippen molar-refractivity contribution in [2.24, 2.45) is 0 Å². The summed E-state index contributed by atoms with van der Waals surface area (Å²) in [6.45, 7) is 5.34. The fourth-order valence-corrected chi connectivity index (χ4v) is 2.03. The third kappa shape index (κ3) is 1.33. The van der Waals surface area contributed by atoms with Crippen LogP contribution in [-0.4, -0.2) is 0 Å². The monoisotopic (exact) mass is 218 g/mol. The minimum Gasteiger partial charge on any atom is -0.196 e. The molecule has 0 bridgehead atoms. The van der Waals surface area contributed by atoms with Crippen LogP contribution in [0, 0.1) is 0 Å². The topological polar surface area (TPSA) is 0 Å². The van der Waals surface area contributed by atoms with Gasteiger partial charge in [0.2, 0.25) is 0 Å². The lowest BCUT2D eigenvalue weighted by molar-refractivity contribution is 0.0460. The van der Waals surface area contributed by atoms with Crippen LogP contribution < -0.4 is 0 Å². The van der Waals surface area contributed by atoms with Gasteiger partial charge in [-0.05, 0) is 18.1 Å². The van der Waals surface area contributed by atoms with E-state index in [2.05, 4.69) is 6.58 Å². The number of alkyl halides is 2. The minimum absolute atomic E-state index is 0.0335. The Bertz CT molecular complexity index is 493. The maximum atomic E-state index is 14.1. The lowest BCUT2D eigenvalue weighted by Gasteiger charge is -2.12. The Hall–Kier alpha value is -1.70. The van der Waals surface area contributed by atoms with Crippen molar-refractivity contribution in [3.05, 3.63) is 65.8 Å². The van der Waals surface area contributed by atoms with Crippen LogP contribution in [0.2, 0.25) is 0 Å². The first-order chi connectivity index (χ1) is 7.62. The first-order valence-electron chi connectivity index (χ1n) is 5.10. The first kappa shape index (κ1) is 10.8. The van der Waals surface area contributed by atoms with Gasteiger partial charge in [0.15, 0.2) is 0 Å². The molecular weight excluding hydrogens is 206 g/mol. The summed E-state index contributed by atoms with van der Waals surface area (Å²) in [6.07, 6.45) is 4.57. The summed E-state index contributed by atoms with van der Waals surface area (Å²) in [6, 6.07) is 6.56. The van der Waals surface area contributed by atoms with Gasteiger partial charge in [-0.15, -0.1) is 0 Å². The summed E-state index contributed by atoms with van der Waals surface area (Å²) < 4.78 is 28.1. The van der Waals surface area contributed by atoms with Crippen molar-refractivity contribution in [3.63, 3.8) is 0 Å². The second-order valence-electron chi connectivity index (χ2n) is 3.65. The zero-order valence-electron chi connectivity index (χ0n) is 9.00. The quantitative estimate of drug-likeness (QED) is 0.694. The van der Waals surface area contributed by atoms with Gasteiger partial charge in [-0.3, -0.25) is 0 Å². The van der Waals surface area contributed by atoms with E-state index in [1.165, 1.54) is 18.2 Å². The smallest absolute Gasteiger partial charge is 0.196 e. The molecule has 0 heterocycles. The average Bonchev–Trinajstić information content (AvgIpc) is 2.49. The summed E-state index contributed by atoms with van der Waals surface area (Å²) >= 11 is 0. The van der Waals surface area contributed by atoms with Crippen LogP contribution in [0.5, 0.6) is 0 Å². The largest absolute Gasteiger partial charge is 0.299 e. The van der Waals surface area contributed by atoms with E-state index in [4.69, 9.17) is 0 Å². The van der Waals surface area contributed by atoms with Gasteiger partial charge in [-0.25, -0.2) is 0 Å². The Balaban J connectivity index is 2.74. The molecule has 1 aliphatic rings. The van der Waals surface area contributed by atoms with Crippen LogP contribution in [-0.2, 0) is 5.92 Å². The standard InChI is InChI=1S/C14H12F2/c1-3-7-12-10(4-2)11-8-5-6-9-13(11)14(12,15)16/h3-9H,2H2,1H3/b7-3-. The summed E-state index contributed by atoms with van der Waals surface area (Å²) in [5.74, 6) is -2.91. The Morgan fingerprint density at radius 2 is 1.94 bits per heavy atom. The fourth-order valence-electron chi connectivity index (χ4n) is 2.03. The number of hydrogen-bond acceptors (Lipinski definition) is 0. The van der Waals surface area contributed by atoms with Gasteiger partial charge < -0.3 is 0 Å². The predicted molar refractivity (Wildman–Crippen MR) is 62.3 cm³/mol. The molecule has 0 radical (unpaired) electrons. The molecule has 0 saturated heterocycles. The van der Waals surface area contributed by atoms with Gasteiger partial charge in [0, 0.05) is 11.1 Å². The summed E-state index contributed by atoms with van der Waals surface area (Å²) in [5.41, 5.74) is 1.21. The highest BCUT2D eigenvalue weighted by molar-refractivity contribution is 5.86. The molecule has 1 aromatic rings. The Morgan fingerprint density at radius 3 is 2.56 bits per heavy atom. The molecule has 0 nitrogen and oxygen atoms in total. The van der Waals surface area contributed by atoms with Gasteiger partial charge in [0.1, 0.15) is 0 Å². The van der Waals surface area contributed by atoms with Crippen molar-refractivity contribution in [1.29, 1.82) is 0 Å². The van der Waals surface area contributed by atoms with Crippen molar-refractivity contribution in [2.45, 2.75) is 12.8 Å². The van der Waals surface area contributed by atoms with Crippen LogP contribution in [0.1, 0.15) is 18.1 Å². The normalized spacial score (nSPS) is 17.9. The summed E-state index contributed by atoms with van der Waals surface area (Å²) in [7, 11) is 0. The third-order valence-electron chi connectivity index (χ3n) is 2.72. The maximum absolute atomic E-state index is 14.1. The number of rotatable bonds is 2. The lowest BCUT2D eigenvalue weighted by Crippen LogP contribution is -2.11. The van der Waals surface area contributed by atoms with Crippen LogP contribution in [0.4, 0.5) is 8.78 Å². The van der Waals surface area contributed by atoms with Gasteiger partial charge in [-0.2, -0.15) is 8.78 Å². The fraction of sp³-hybridized carbons (Fsp3) is 0.143. The van der Waals surface area contributed by atoms with Crippen LogP contribution in [0.3, 0.4) is 0 Å². The molecule has 2 heteroatoms. The molecule has 0 spiro atoms. The molecule has 0 fully saturated rings. The highest BCUT2D eigenvalue weighted by Gasteiger charge is 2.43. The number of allylic oxidation sites excluding steroid dienone is 5. The van der Waals surface area contributed by atoms with Crippen molar-refractivity contribution in [2.75, 3.05) is 0 Å². The number of hydrogen-bond donors (Lipinski definition) is 0. The van der Waals surface area contributed by atoms with Crippen LogP contribution in [0.15, 0.2) is 54.6 Å². The number of halogens is 2. The zero-order valence-corrected chi connectivity index (χ0v) is 9.00. The Labute approximate surface area is 93.6 Å². The molecule has 2 rings (SSSR count). The maximum Gasteiger partial charge on any atom is 0.299 e. The molecular formula is C14H12F2. The third-order valence-corrected chi connectivity index (χ3v) is 2.72. The molecule has 0 unspecified atom stereocenters. The molecule has 1 aliphatic carbocycles. The second-order valence-corrected chi connectivity index (χ2v) is 3.65. The average molecular weight is 218 g/mol. The molecule has 1 aromatic carbocycles. The predicted octanol–water partition coefficient (Wildman–Crippen LogP) is 4.31. The Kier molecular flexibility index (Phi) is 2.50. The SMILES string of the molecule is C=CC1=C(/C=C\C)C(F)(F)c2ccccc21. The van der Waals surface area contributed by atoms with Gasteiger partial charge in [0.25, 0.3) is 5.92 Å². The van der Waals surface area contributed by atoms with E-state index < -0.39 is 5.92 Å². The highest BCUT2D eigenvalue weighted by Crippen LogP contribution is 2.49. The van der Waals surface area contributed by atoms with Crippen molar-refractivity contribution < 1.29 is 8.78 Å². The number of fused-ring (bicyclic) bond motifs is 1. The second kappa shape index (κ2) is 3.71. The lowest BCUT2D eigenvalue weighted by atomic mass is 10.1. The van der Waals surface area contributed by atoms with Gasteiger partial charge in [0.05, 0.1) is 0 Å². The number of benzene rings is 1. The van der Waals surface area contributed by atoms with Crippen LogP contribution >= 0.6 is 0 Å². The van der Waals surface area contributed by atoms with Crippen molar-refractivity contribution in [3.8, 4) is 0 Å². The molecule has 0 saturated carbocycles. The summed E-state index contributed by atoms with van der Waals surface area (Å²) in [4.78, 5) is 0. The van der Waals surface area contributed by atoms with E-state index in [1.54, 1.807) is 31.2 Å². The molecule has 0 atom stereocenters. The first-order valence-corrected chi connectivity index (χ1v) is 5.10.